The van der Waals surface area contributed by atoms with Gasteiger partial charge < -0.3 is 9.73 Å². The van der Waals surface area contributed by atoms with Gasteiger partial charge >= 0.3 is 0 Å². The van der Waals surface area contributed by atoms with E-state index in [1.165, 1.54) is 30.3 Å². The predicted molar refractivity (Wildman–Crippen MR) is 107 cm³/mol. The lowest BCUT2D eigenvalue weighted by molar-refractivity contribution is 0.102. The molecule has 28 heavy (non-hydrogen) atoms. The maximum absolute atomic E-state index is 13.8. The molecule has 0 aliphatic rings. The lowest BCUT2D eigenvalue weighted by Gasteiger charge is -2.08. The molecule has 0 unspecified atom stereocenters. The minimum atomic E-state index is -0.608. The van der Waals surface area contributed by atoms with E-state index in [1.54, 1.807) is 18.2 Å². The number of fused-ring (bicyclic) bond motifs is 1. The van der Waals surface area contributed by atoms with E-state index in [9.17, 15) is 14.0 Å². The molecule has 0 aliphatic heterocycles. The van der Waals surface area contributed by atoms with Crippen LogP contribution in [0.4, 0.5) is 10.1 Å². The molecular formula is C23H16FNO3. The monoisotopic (exact) mass is 373 g/mol. The normalized spacial score (nSPS) is 10.8. The van der Waals surface area contributed by atoms with Crippen molar-refractivity contribution >= 4 is 22.6 Å². The fraction of sp³-hybridized carbons (Fsp3) is 0.0435. The number of rotatable bonds is 3. The first-order valence-electron chi connectivity index (χ1n) is 8.72. The van der Waals surface area contributed by atoms with Crippen molar-refractivity contribution in [3.05, 3.63) is 100.0 Å². The molecule has 5 heteroatoms. The van der Waals surface area contributed by atoms with Crippen LogP contribution in [0.3, 0.4) is 0 Å². The number of nitrogens with one attached hydrogen (secondary N) is 1. The Morgan fingerprint density at radius 2 is 1.79 bits per heavy atom. The highest BCUT2D eigenvalue weighted by atomic mass is 19.1. The Bertz CT molecular complexity index is 1260. The number of anilines is 1. The van der Waals surface area contributed by atoms with E-state index < -0.39 is 11.7 Å². The Hall–Kier alpha value is -3.73. The highest BCUT2D eigenvalue weighted by molar-refractivity contribution is 6.05. The molecule has 4 aromatic rings. The summed E-state index contributed by atoms with van der Waals surface area (Å²) in [7, 11) is 0. The zero-order valence-electron chi connectivity index (χ0n) is 15.0. The predicted octanol–water partition coefficient (Wildman–Crippen LogP) is 5.16. The summed E-state index contributed by atoms with van der Waals surface area (Å²) in [5.74, 6) is -0.717. The molecule has 0 spiro atoms. The summed E-state index contributed by atoms with van der Waals surface area (Å²) in [5, 5.41) is 2.95. The van der Waals surface area contributed by atoms with E-state index in [4.69, 9.17) is 4.42 Å². The molecule has 0 radical (unpaired) electrons. The molecule has 1 N–H and O–H groups in total. The average Bonchev–Trinajstić information content (AvgIpc) is 2.68. The van der Waals surface area contributed by atoms with Crippen molar-refractivity contribution in [2.75, 3.05) is 5.32 Å². The van der Waals surface area contributed by atoms with E-state index in [-0.39, 0.29) is 11.0 Å². The fourth-order valence-electron chi connectivity index (χ4n) is 3.02. The molecule has 1 amide bonds. The van der Waals surface area contributed by atoms with Crippen LogP contribution in [0.25, 0.3) is 22.3 Å². The first-order chi connectivity index (χ1) is 13.5. The van der Waals surface area contributed by atoms with Crippen LogP contribution in [0.5, 0.6) is 0 Å². The third kappa shape index (κ3) is 3.42. The van der Waals surface area contributed by atoms with Crippen LogP contribution in [0.2, 0.25) is 0 Å². The van der Waals surface area contributed by atoms with Gasteiger partial charge in [-0.05, 0) is 43.3 Å². The molecule has 0 saturated carbocycles. The number of halogens is 1. The molecule has 138 valence electrons. The van der Waals surface area contributed by atoms with Gasteiger partial charge in [-0.15, -0.1) is 0 Å². The zero-order chi connectivity index (χ0) is 19.7. The Balaban J connectivity index is 1.69. The molecule has 4 nitrogen and oxygen atoms in total. The number of hydrogen-bond donors (Lipinski definition) is 1. The summed E-state index contributed by atoms with van der Waals surface area (Å²) in [6, 6.07) is 19.6. The van der Waals surface area contributed by atoms with Gasteiger partial charge in [0.05, 0.1) is 10.9 Å². The molecule has 1 heterocycles. The second-order valence-electron chi connectivity index (χ2n) is 6.49. The van der Waals surface area contributed by atoms with Crippen LogP contribution < -0.4 is 10.7 Å². The summed E-state index contributed by atoms with van der Waals surface area (Å²) in [4.78, 5) is 24.9. The van der Waals surface area contributed by atoms with Gasteiger partial charge in [0.25, 0.3) is 5.91 Å². The van der Waals surface area contributed by atoms with E-state index in [0.29, 0.717) is 22.4 Å². The first-order valence-corrected chi connectivity index (χ1v) is 8.72. The SMILES string of the molecule is Cc1cccc(-c2cc(=O)c3cc(NC(=O)c4ccccc4F)ccc3o2)c1. The molecule has 1 aromatic heterocycles. The largest absolute Gasteiger partial charge is 0.456 e. The van der Waals surface area contributed by atoms with Crippen LogP contribution >= 0.6 is 0 Å². The highest BCUT2D eigenvalue weighted by Crippen LogP contribution is 2.25. The maximum atomic E-state index is 13.8. The zero-order valence-corrected chi connectivity index (χ0v) is 15.0. The Morgan fingerprint density at radius 3 is 2.57 bits per heavy atom. The third-order valence-corrected chi connectivity index (χ3v) is 4.41. The second-order valence-corrected chi connectivity index (χ2v) is 6.49. The van der Waals surface area contributed by atoms with E-state index in [1.807, 2.05) is 31.2 Å². The standard InChI is InChI=1S/C23H16FNO3/c1-14-5-4-6-15(11-14)22-13-20(26)18-12-16(9-10-21(18)28-22)25-23(27)17-7-2-3-8-19(17)24/h2-13H,1H3,(H,25,27). The highest BCUT2D eigenvalue weighted by Gasteiger charge is 2.13. The van der Waals surface area contributed by atoms with Crippen LogP contribution in [0, 0.1) is 12.7 Å². The third-order valence-electron chi connectivity index (χ3n) is 4.41. The van der Waals surface area contributed by atoms with Crippen molar-refractivity contribution in [1.82, 2.24) is 0 Å². The Kier molecular flexibility index (Phi) is 4.49. The summed E-state index contributed by atoms with van der Waals surface area (Å²) < 4.78 is 19.6. The molecule has 0 bridgehead atoms. The average molecular weight is 373 g/mol. The lowest BCUT2D eigenvalue weighted by Crippen LogP contribution is -2.14. The second kappa shape index (κ2) is 7.12. The Morgan fingerprint density at radius 1 is 0.964 bits per heavy atom. The van der Waals surface area contributed by atoms with Gasteiger partial charge in [-0.25, -0.2) is 4.39 Å². The number of benzene rings is 3. The van der Waals surface area contributed by atoms with Gasteiger partial charge in [0.1, 0.15) is 17.2 Å². The molecule has 0 atom stereocenters. The smallest absolute Gasteiger partial charge is 0.258 e. The molecule has 0 fully saturated rings. The minimum Gasteiger partial charge on any atom is -0.456 e. The summed E-state index contributed by atoms with van der Waals surface area (Å²) in [6.45, 7) is 1.97. The number of carbonyl (C=O) groups excluding carboxylic acids is 1. The molecule has 3 aromatic carbocycles. The van der Waals surface area contributed by atoms with Crippen LogP contribution in [0.1, 0.15) is 15.9 Å². The summed E-state index contributed by atoms with van der Waals surface area (Å²) in [5.41, 5.74) is 2.39. The van der Waals surface area contributed by atoms with Crippen molar-refractivity contribution in [2.24, 2.45) is 0 Å². The van der Waals surface area contributed by atoms with Gasteiger partial charge in [0.2, 0.25) is 0 Å². The van der Waals surface area contributed by atoms with Crippen molar-refractivity contribution < 1.29 is 13.6 Å². The van der Waals surface area contributed by atoms with Crippen molar-refractivity contribution in [2.45, 2.75) is 6.92 Å². The summed E-state index contributed by atoms with van der Waals surface area (Å²) >= 11 is 0. The molecular weight excluding hydrogens is 357 g/mol. The van der Waals surface area contributed by atoms with E-state index in [0.717, 1.165) is 11.1 Å². The molecule has 0 saturated heterocycles. The van der Waals surface area contributed by atoms with Crippen LogP contribution in [0.15, 0.2) is 82.0 Å². The van der Waals surface area contributed by atoms with Crippen molar-refractivity contribution in [1.29, 1.82) is 0 Å². The van der Waals surface area contributed by atoms with Crippen LogP contribution in [-0.4, -0.2) is 5.91 Å². The van der Waals surface area contributed by atoms with Crippen molar-refractivity contribution in [3.8, 4) is 11.3 Å². The van der Waals surface area contributed by atoms with Gasteiger partial charge in [-0.3, -0.25) is 9.59 Å². The molecule has 4 rings (SSSR count). The lowest BCUT2D eigenvalue weighted by atomic mass is 10.1. The topological polar surface area (TPSA) is 59.3 Å². The minimum absolute atomic E-state index is 0.0653. The van der Waals surface area contributed by atoms with E-state index in [2.05, 4.69) is 5.32 Å². The number of carbonyl (C=O) groups is 1. The van der Waals surface area contributed by atoms with Crippen LogP contribution in [-0.2, 0) is 0 Å². The fourth-order valence-corrected chi connectivity index (χ4v) is 3.02. The first kappa shape index (κ1) is 17.7. The quantitative estimate of drug-likeness (QED) is 0.540. The van der Waals surface area contributed by atoms with Gasteiger partial charge in [-0.1, -0.05) is 35.9 Å². The van der Waals surface area contributed by atoms with E-state index >= 15 is 0 Å². The Labute approximate surface area is 160 Å². The summed E-state index contributed by atoms with van der Waals surface area (Å²) in [6.07, 6.45) is 0. The number of hydrogen-bond acceptors (Lipinski definition) is 3. The van der Waals surface area contributed by atoms with Crippen molar-refractivity contribution in [3.63, 3.8) is 0 Å². The molecule has 0 aliphatic carbocycles. The van der Waals surface area contributed by atoms with Gasteiger partial charge in [0.15, 0.2) is 5.43 Å². The maximum Gasteiger partial charge on any atom is 0.258 e. The van der Waals surface area contributed by atoms with Gasteiger partial charge in [0, 0.05) is 17.3 Å². The van der Waals surface area contributed by atoms with Gasteiger partial charge in [-0.2, -0.15) is 0 Å². The number of amides is 1. The number of aryl methyl sites for hydroxylation is 1.